The molecule has 68 valence electrons. The number of aliphatic hydroxyl groups is 1. The lowest BCUT2D eigenvalue weighted by Crippen LogP contribution is -2.44. The summed E-state index contributed by atoms with van der Waals surface area (Å²) >= 11 is 5.51. The van der Waals surface area contributed by atoms with Crippen molar-refractivity contribution in [3.63, 3.8) is 0 Å². The van der Waals surface area contributed by atoms with Crippen LogP contribution in [0.5, 0.6) is 0 Å². The van der Waals surface area contributed by atoms with Crippen molar-refractivity contribution in [3.8, 4) is 0 Å². The van der Waals surface area contributed by atoms with Gasteiger partial charge in [-0.05, 0) is 12.5 Å². The summed E-state index contributed by atoms with van der Waals surface area (Å²) in [6.07, 6.45) is 0.826. The lowest BCUT2D eigenvalue weighted by atomic mass is 10.6. The molecule has 0 aromatic rings. The number of hydrogen-bond acceptors (Lipinski definition) is 3. The molecule has 0 aromatic heterocycles. The van der Waals surface area contributed by atoms with Crippen LogP contribution < -0.4 is 0 Å². The molecule has 0 amide bonds. The Kier molecular flexibility index (Phi) is 6.17. The second-order valence-electron chi connectivity index (χ2n) is 2.27. The molecule has 0 bridgehead atoms. The summed E-state index contributed by atoms with van der Waals surface area (Å²) in [5.74, 6) is 0.585. The van der Waals surface area contributed by atoms with E-state index in [1.807, 2.05) is 0 Å². The van der Waals surface area contributed by atoms with Gasteiger partial charge in [-0.3, -0.25) is 0 Å². The zero-order valence-electron chi connectivity index (χ0n) is 6.97. The average Bonchev–Trinajstić information content (AvgIpc) is 2.08. The maximum absolute atomic E-state index is 8.97. The summed E-state index contributed by atoms with van der Waals surface area (Å²) in [7, 11) is 0.872. The third-order valence-electron chi connectivity index (χ3n) is 1.68. The van der Waals surface area contributed by atoms with E-state index >= 15 is 0 Å². The molecule has 0 heterocycles. The van der Waals surface area contributed by atoms with Crippen LogP contribution in [0.2, 0.25) is 6.04 Å². The topological polar surface area (TPSA) is 38.7 Å². The summed E-state index contributed by atoms with van der Waals surface area (Å²) in [4.78, 5) is 0. The first-order valence-electron chi connectivity index (χ1n) is 3.52. The Morgan fingerprint density at radius 2 is 1.91 bits per heavy atom. The second-order valence-corrected chi connectivity index (χ2v) is 6.10. The van der Waals surface area contributed by atoms with Crippen molar-refractivity contribution in [1.82, 2.24) is 0 Å². The largest absolute Gasteiger partial charge is 0.396 e. The number of halogens is 1. The minimum absolute atomic E-state index is 0.00309. The van der Waals surface area contributed by atoms with E-state index in [0.717, 1.165) is 12.5 Å². The van der Waals surface area contributed by atoms with Gasteiger partial charge in [-0.2, -0.15) is 0 Å². The van der Waals surface area contributed by atoms with Crippen LogP contribution in [-0.4, -0.2) is 40.0 Å². The highest BCUT2D eigenvalue weighted by atomic mass is 35.5. The Morgan fingerprint density at radius 3 is 2.18 bits per heavy atom. The third-order valence-corrected chi connectivity index (χ3v) is 5.03. The summed E-state index contributed by atoms with van der Waals surface area (Å²) in [5.41, 5.74) is 0. The van der Waals surface area contributed by atoms with Crippen molar-refractivity contribution in [2.75, 3.05) is 26.3 Å². The Hall–Kier alpha value is 0.387. The first kappa shape index (κ1) is 11.4. The van der Waals surface area contributed by atoms with Crippen molar-refractivity contribution >= 4 is 20.2 Å². The van der Waals surface area contributed by atoms with Crippen molar-refractivity contribution in [3.05, 3.63) is 0 Å². The van der Waals surface area contributed by atoms with Crippen LogP contribution in [0.1, 0.15) is 6.42 Å². The van der Waals surface area contributed by atoms with E-state index in [9.17, 15) is 0 Å². The van der Waals surface area contributed by atoms with Crippen LogP contribution in [0.15, 0.2) is 0 Å². The van der Waals surface area contributed by atoms with Crippen LogP contribution in [0.3, 0.4) is 0 Å². The van der Waals surface area contributed by atoms with Gasteiger partial charge in [-0.15, -0.1) is 11.6 Å². The molecule has 0 aliphatic rings. The predicted octanol–water partition coefficient (Wildman–Crippen LogP) is 0.882. The van der Waals surface area contributed by atoms with Gasteiger partial charge in [-0.1, -0.05) is 0 Å². The fraction of sp³-hybridized carbons (Fsp3) is 1.00. The molecule has 0 aliphatic carbocycles. The van der Waals surface area contributed by atoms with Gasteiger partial charge in [0.05, 0.1) is 6.23 Å². The Labute approximate surface area is 73.5 Å². The van der Waals surface area contributed by atoms with Crippen molar-refractivity contribution in [1.29, 1.82) is 0 Å². The van der Waals surface area contributed by atoms with Gasteiger partial charge in [0.15, 0.2) is 0 Å². The number of aliphatic hydroxyl groups excluding tert-OH is 1. The molecule has 0 aliphatic heterocycles. The van der Waals surface area contributed by atoms with Crippen LogP contribution in [0.4, 0.5) is 0 Å². The number of alkyl halides is 1. The van der Waals surface area contributed by atoms with Crippen molar-refractivity contribution in [2.45, 2.75) is 12.5 Å². The predicted molar refractivity (Wildman–Crippen MR) is 47.0 cm³/mol. The second kappa shape index (κ2) is 5.96. The van der Waals surface area contributed by atoms with E-state index < -0.39 is 8.56 Å². The highest BCUT2D eigenvalue weighted by Gasteiger charge is 2.33. The molecule has 0 fully saturated rings. The SMILES string of the molecule is CO[Si](CO)(CCCCl)OC. The lowest BCUT2D eigenvalue weighted by Gasteiger charge is -2.24. The monoisotopic (exact) mass is 198 g/mol. The van der Waals surface area contributed by atoms with Gasteiger partial charge >= 0.3 is 8.56 Å². The average molecular weight is 199 g/mol. The van der Waals surface area contributed by atoms with E-state index in [4.69, 9.17) is 25.6 Å². The standard InChI is InChI=1S/C6H15ClO3Si/c1-9-11(6-8,10-2)5-3-4-7/h8H,3-6H2,1-2H3. The first-order valence-corrected chi connectivity index (χ1v) is 6.28. The fourth-order valence-electron chi connectivity index (χ4n) is 0.832. The minimum Gasteiger partial charge on any atom is -0.396 e. The fourth-order valence-corrected chi connectivity index (χ4v) is 2.90. The van der Waals surface area contributed by atoms with E-state index in [1.54, 1.807) is 14.2 Å². The summed E-state index contributed by atoms with van der Waals surface area (Å²) < 4.78 is 10.3. The van der Waals surface area contributed by atoms with Gasteiger partial charge in [0.2, 0.25) is 0 Å². The highest BCUT2D eigenvalue weighted by Crippen LogP contribution is 2.13. The molecule has 1 N–H and O–H groups in total. The zero-order valence-corrected chi connectivity index (χ0v) is 8.73. The van der Waals surface area contributed by atoms with Crippen LogP contribution in [-0.2, 0) is 8.85 Å². The molecule has 0 rings (SSSR count). The molecule has 0 atom stereocenters. The van der Waals surface area contributed by atoms with E-state index in [0.29, 0.717) is 5.88 Å². The molecule has 0 saturated heterocycles. The van der Waals surface area contributed by atoms with Gasteiger partial charge < -0.3 is 14.0 Å². The molecule has 0 unspecified atom stereocenters. The lowest BCUT2D eigenvalue weighted by molar-refractivity contribution is 0.196. The van der Waals surface area contributed by atoms with Gasteiger partial charge in [0.25, 0.3) is 0 Å². The van der Waals surface area contributed by atoms with Crippen LogP contribution in [0, 0.1) is 0 Å². The highest BCUT2D eigenvalue weighted by molar-refractivity contribution is 6.67. The Bertz CT molecular complexity index is 89.6. The van der Waals surface area contributed by atoms with E-state index in [2.05, 4.69) is 0 Å². The molecule has 3 nitrogen and oxygen atoms in total. The van der Waals surface area contributed by atoms with E-state index in [-0.39, 0.29) is 6.23 Å². The first-order chi connectivity index (χ1) is 5.24. The third kappa shape index (κ3) is 3.53. The molecule has 0 spiro atoms. The number of rotatable bonds is 6. The molecular formula is C6H15ClO3Si. The quantitative estimate of drug-likeness (QED) is 0.509. The summed E-state index contributed by atoms with van der Waals surface area (Å²) in [5, 5.41) is 8.97. The smallest absolute Gasteiger partial charge is 0.364 e. The molecule has 0 saturated carbocycles. The van der Waals surface area contributed by atoms with Crippen LogP contribution in [0.25, 0.3) is 0 Å². The summed E-state index contributed by atoms with van der Waals surface area (Å²) in [6, 6.07) is 0.750. The van der Waals surface area contributed by atoms with Crippen molar-refractivity contribution < 1.29 is 14.0 Å². The minimum atomic E-state index is -2.27. The van der Waals surface area contributed by atoms with Gasteiger partial charge in [0, 0.05) is 20.1 Å². The molecular weight excluding hydrogens is 184 g/mol. The van der Waals surface area contributed by atoms with Crippen molar-refractivity contribution in [2.24, 2.45) is 0 Å². The van der Waals surface area contributed by atoms with Gasteiger partial charge in [0.1, 0.15) is 0 Å². The maximum atomic E-state index is 8.97. The Morgan fingerprint density at radius 1 is 1.36 bits per heavy atom. The number of hydrogen-bond donors (Lipinski definition) is 1. The zero-order chi connectivity index (χ0) is 8.74. The maximum Gasteiger partial charge on any atom is 0.364 e. The molecule has 5 heteroatoms. The van der Waals surface area contributed by atoms with Gasteiger partial charge in [-0.25, -0.2) is 0 Å². The summed E-state index contributed by atoms with van der Waals surface area (Å²) in [6.45, 7) is 0. The molecule has 0 aromatic carbocycles. The molecule has 11 heavy (non-hydrogen) atoms. The van der Waals surface area contributed by atoms with Crippen LogP contribution >= 0.6 is 11.6 Å². The molecule has 0 radical (unpaired) electrons. The normalized spacial score (nSPS) is 12.0. The Balaban J connectivity index is 3.84. The van der Waals surface area contributed by atoms with E-state index in [1.165, 1.54) is 0 Å².